The molecule has 0 spiro atoms. The maximum Gasteiger partial charge on any atom is 0.317 e. The minimum atomic E-state index is -3.67. The van der Waals surface area contributed by atoms with Crippen molar-refractivity contribution in [3.05, 3.63) is 0 Å². The summed E-state index contributed by atoms with van der Waals surface area (Å²) in [5, 5.41) is 7.85. The van der Waals surface area contributed by atoms with Crippen LogP contribution in [-0.4, -0.2) is 58.2 Å². The van der Waals surface area contributed by atoms with Crippen LogP contribution in [0.25, 0.3) is 0 Å². The fourth-order valence-corrected chi connectivity index (χ4v) is 3.03. The van der Waals surface area contributed by atoms with Crippen molar-refractivity contribution in [2.24, 2.45) is 11.1 Å². The van der Waals surface area contributed by atoms with E-state index in [2.05, 4.69) is 10.0 Å². The second kappa shape index (κ2) is 6.70. The van der Waals surface area contributed by atoms with Gasteiger partial charge in [-0.1, -0.05) is 0 Å². The second-order valence-corrected chi connectivity index (χ2v) is 6.74. The lowest BCUT2D eigenvalue weighted by Crippen LogP contribution is -2.50. The number of amides is 2. The van der Waals surface area contributed by atoms with Crippen LogP contribution in [0.3, 0.4) is 0 Å². The predicted octanol–water partition coefficient (Wildman–Crippen LogP) is -1.01. The van der Waals surface area contributed by atoms with Crippen LogP contribution in [0.1, 0.15) is 19.3 Å². The standard InChI is InChI=1S/C11H22N4O4S/c12-20(17,18)13-6-9-2-1-4-15(7-9)11(16)14-10-3-5-19-8-10/h9-10,13H,1-8H2,(H,14,16)(H2,12,17,18). The zero-order valence-electron chi connectivity index (χ0n) is 11.4. The zero-order chi connectivity index (χ0) is 14.6. The van der Waals surface area contributed by atoms with Gasteiger partial charge in [0.1, 0.15) is 0 Å². The van der Waals surface area contributed by atoms with Gasteiger partial charge in [0, 0.05) is 26.2 Å². The summed E-state index contributed by atoms with van der Waals surface area (Å²) in [6.07, 6.45) is 2.60. The van der Waals surface area contributed by atoms with Crippen molar-refractivity contribution >= 4 is 16.2 Å². The Morgan fingerprint density at radius 2 is 2.20 bits per heavy atom. The molecule has 2 fully saturated rings. The molecule has 2 rings (SSSR count). The molecule has 0 aromatic heterocycles. The normalized spacial score (nSPS) is 27.6. The van der Waals surface area contributed by atoms with E-state index in [1.54, 1.807) is 4.90 Å². The summed E-state index contributed by atoms with van der Waals surface area (Å²) in [7, 11) is -3.67. The first-order chi connectivity index (χ1) is 9.44. The molecule has 9 heteroatoms. The number of nitrogens with zero attached hydrogens (tertiary/aromatic N) is 1. The van der Waals surface area contributed by atoms with Crippen molar-refractivity contribution in [2.75, 3.05) is 32.8 Å². The maximum absolute atomic E-state index is 12.1. The van der Waals surface area contributed by atoms with Crippen LogP contribution in [0.2, 0.25) is 0 Å². The summed E-state index contributed by atoms with van der Waals surface area (Å²) in [6.45, 7) is 2.77. The lowest BCUT2D eigenvalue weighted by molar-refractivity contribution is 0.157. The van der Waals surface area contributed by atoms with Crippen molar-refractivity contribution < 1.29 is 17.9 Å². The molecule has 0 aliphatic carbocycles. The smallest absolute Gasteiger partial charge is 0.317 e. The molecule has 0 radical (unpaired) electrons. The van der Waals surface area contributed by atoms with E-state index in [4.69, 9.17) is 9.88 Å². The number of nitrogens with one attached hydrogen (secondary N) is 2. The minimum absolute atomic E-state index is 0.0884. The van der Waals surface area contributed by atoms with E-state index in [-0.39, 0.29) is 24.5 Å². The van der Waals surface area contributed by atoms with E-state index in [1.807, 2.05) is 0 Å². The first-order valence-electron chi connectivity index (χ1n) is 6.84. The van der Waals surface area contributed by atoms with Crippen molar-refractivity contribution in [2.45, 2.75) is 25.3 Å². The highest BCUT2D eigenvalue weighted by atomic mass is 32.2. The number of piperidine rings is 1. The lowest BCUT2D eigenvalue weighted by atomic mass is 9.99. The Morgan fingerprint density at radius 1 is 1.40 bits per heavy atom. The number of carbonyl (C=O) groups excluding carboxylic acids is 1. The van der Waals surface area contributed by atoms with Gasteiger partial charge in [-0.25, -0.2) is 14.7 Å². The molecule has 2 unspecified atom stereocenters. The molecule has 2 heterocycles. The number of likely N-dealkylation sites (tertiary alicyclic amines) is 1. The van der Waals surface area contributed by atoms with E-state index in [0.717, 1.165) is 19.3 Å². The molecule has 0 aromatic rings. The number of hydrogen-bond donors (Lipinski definition) is 3. The summed E-state index contributed by atoms with van der Waals surface area (Å²) >= 11 is 0. The first-order valence-corrected chi connectivity index (χ1v) is 8.39. The third kappa shape index (κ3) is 4.89. The average Bonchev–Trinajstić information content (AvgIpc) is 2.89. The van der Waals surface area contributed by atoms with Crippen LogP contribution >= 0.6 is 0 Å². The average molecular weight is 306 g/mol. The molecule has 8 nitrogen and oxygen atoms in total. The van der Waals surface area contributed by atoms with Gasteiger partial charge in [0.15, 0.2) is 0 Å². The lowest BCUT2D eigenvalue weighted by Gasteiger charge is -2.33. The van der Waals surface area contributed by atoms with E-state index in [0.29, 0.717) is 26.3 Å². The van der Waals surface area contributed by atoms with Gasteiger partial charge in [-0.2, -0.15) is 8.42 Å². The van der Waals surface area contributed by atoms with Crippen LogP contribution in [0.15, 0.2) is 0 Å². The Hall–Kier alpha value is -0.900. The molecule has 116 valence electrons. The predicted molar refractivity (Wildman–Crippen MR) is 73.2 cm³/mol. The molecule has 2 amide bonds. The molecular weight excluding hydrogens is 284 g/mol. The molecule has 2 saturated heterocycles. The number of urea groups is 1. The Bertz CT molecular complexity index is 436. The zero-order valence-corrected chi connectivity index (χ0v) is 12.2. The summed E-state index contributed by atoms with van der Waals surface area (Å²) in [4.78, 5) is 13.8. The number of carbonyl (C=O) groups is 1. The summed E-state index contributed by atoms with van der Waals surface area (Å²) in [6, 6.07) is -0.00812. The quantitative estimate of drug-likeness (QED) is 0.617. The van der Waals surface area contributed by atoms with Gasteiger partial charge in [0.05, 0.1) is 12.6 Å². The largest absolute Gasteiger partial charge is 0.379 e. The second-order valence-electron chi connectivity index (χ2n) is 5.36. The molecule has 20 heavy (non-hydrogen) atoms. The van der Waals surface area contributed by atoms with Crippen LogP contribution in [0.5, 0.6) is 0 Å². The van der Waals surface area contributed by atoms with Crippen LogP contribution in [-0.2, 0) is 14.9 Å². The Balaban J connectivity index is 1.78. The molecule has 2 aliphatic rings. The molecule has 4 N–H and O–H groups in total. The van der Waals surface area contributed by atoms with Gasteiger partial charge in [0.25, 0.3) is 10.2 Å². The molecule has 2 aliphatic heterocycles. The topological polar surface area (TPSA) is 114 Å². The Labute approximate surface area is 119 Å². The van der Waals surface area contributed by atoms with Crippen LogP contribution in [0.4, 0.5) is 4.79 Å². The van der Waals surface area contributed by atoms with Gasteiger partial charge in [0.2, 0.25) is 0 Å². The number of nitrogens with two attached hydrogens (primary N) is 1. The van der Waals surface area contributed by atoms with Crippen molar-refractivity contribution in [3.8, 4) is 0 Å². The van der Waals surface area contributed by atoms with Crippen LogP contribution < -0.4 is 15.2 Å². The molecule has 0 saturated carbocycles. The van der Waals surface area contributed by atoms with Crippen molar-refractivity contribution in [1.82, 2.24) is 14.9 Å². The van der Waals surface area contributed by atoms with Crippen molar-refractivity contribution in [3.63, 3.8) is 0 Å². The third-order valence-corrected chi connectivity index (χ3v) is 4.21. The fourth-order valence-electron chi connectivity index (χ4n) is 2.56. The van der Waals surface area contributed by atoms with E-state index < -0.39 is 10.2 Å². The highest BCUT2D eigenvalue weighted by Gasteiger charge is 2.26. The number of rotatable bonds is 4. The first kappa shape index (κ1) is 15.5. The number of ether oxygens (including phenoxy) is 1. The van der Waals surface area contributed by atoms with Crippen LogP contribution in [0, 0.1) is 5.92 Å². The SMILES string of the molecule is NS(=O)(=O)NCC1CCCN(C(=O)NC2CCOC2)C1. The van der Waals surface area contributed by atoms with Gasteiger partial charge >= 0.3 is 6.03 Å². The molecule has 0 bridgehead atoms. The van der Waals surface area contributed by atoms with Crippen molar-refractivity contribution in [1.29, 1.82) is 0 Å². The monoisotopic (exact) mass is 306 g/mol. The van der Waals surface area contributed by atoms with E-state index in [1.165, 1.54) is 0 Å². The summed E-state index contributed by atoms with van der Waals surface area (Å²) in [5.74, 6) is 0.104. The van der Waals surface area contributed by atoms with Gasteiger partial charge in [-0.3, -0.25) is 0 Å². The fraction of sp³-hybridized carbons (Fsp3) is 0.909. The Morgan fingerprint density at radius 3 is 2.85 bits per heavy atom. The minimum Gasteiger partial charge on any atom is -0.379 e. The van der Waals surface area contributed by atoms with Gasteiger partial charge < -0.3 is 15.0 Å². The van der Waals surface area contributed by atoms with E-state index in [9.17, 15) is 13.2 Å². The van der Waals surface area contributed by atoms with E-state index >= 15 is 0 Å². The highest BCUT2D eigenvalue weighted by molar-refractivity contribution is 7.87. The van der Waals surface area contributed by atoms with Gasteiger partial charge in [-0.15, -0.1) is 0 Å². The summed E-state index contributed by atoms with van der Waals surface area (Å²) < 4.78 is 29.3. The maximum atomic E-state index is 12.1. The van der Waals surface area contributed by atoms with Gasteiger partial charge in [-0.05, 0) is 25.2 Å². The molecule has 0 aromatic carbocycles. The highest BCUT2D eigenvalue weighted by Crippen LogP contribution is 2.16. The molecule has 2 atom stereocenters. The molecular formula is C11H22N4O4S. The number of hydrogen-bond acceptors (Lipinski definition) is 4. The third-order valence-electron chi connectivity index (χ3n) is 3.64. The Kier molecular flexibility index (Phi) is 5.19. The summed E-state index contributed by atoms with van der Waals surface area (Å²) in [5.41, 5.74) is 0.